The molecule has 2 aromatic carbocycles. The van der Waals surface area contributed by atoms with Crippen molar-refractivity contribution in [1.29, 1.82) is 0 Å². The highest BCUT2D eigenvalue weighted by atomic mass is 35.5. The number of carbonyl (C=O) groups excluding carboxylic acids is 1. The summed E-state index contributed by atoms with van der Waals surface area (Å²) in [4.78, 5) is 12.1. The van der Waals surface area contributed by atoms with E-state index in [2.05, 4.69) is 5.32 Å². The average Bonchev–Trinajstić information content (AvgIpc) is 2.45. The Bertz CT molecular complexity index is 655. The fraction of sp³-hybridized carbons (Fsp3) is 0.235. The lowest BCUT2D eigenvalue weighted by Gasteiger charge is -2.26. The van der Waals surface area contributed by atoms with Crippen molar-refractivity contribution in [3.05, 3.63) is 70.5 Å². The van der Waals surface area contributed by atoms with Gasteiger partial charge in [-0.15, -0.1) is 0 Å². The Balaban J connectivity index is 2.08. The smallest absolute Gasteiger partial charge is 0.251 e. The Labute approximate surface area is 128 Å². The van der Waals surface area contributed by atoms with Gasteiger partial charge in [-0.25, -0.2) is 4.39 Å². The van der Waals surface area contributed by atoms with Crippen molar-refractivity contribution in [2.24, 2.45) is 0 Å². The first-order valence-electron chi connectivity index (χ1n) is 6.69. The van der Waals surface area contributed by atoms with E-state index in [0.29, 0.717) is 22.7 Å². The number of nitrogens with one attached hydrogen (secondary N) is 1. The molecular formula is C17H17ClFNO. The zero-order valence-electron chi connectivity index (χ0n) is 12.0. The molecule has 0 spiro atoms. The lowest BCUT2D eigenvalue weighted by atomic mass is 9.84. The van der Waals surface area contributed by atoms with Gasteiger partial charge in [0.05, 0.1) is 0 Å². The number of benzene rings is 2. The molecule has 0 saturated heterocycles. The highest BCUT2D eigenvalue weighted by Gasteiger charge is 2.24. The van der Waals surface area contributed by atoms with Crippen molar-refractivity contribution in [2.75, 3.05) is 6.54 Å². The summed E-state index contributed by atoms with van der Waals surface area (Å²) in [5, 5.41) is 3.34. The summed E-state index contributed by atoms with van der Waals surface area (Å²) in [7, 11) is 0. The van der Waals surface area contributed by atoms with Crippen molar-refractivity contribution in [1.82, 2.24) is 5.32 Å². The first-order chi connectivity index (χ1) is 9.90. The van der Waals surface area contributed by atoms with Gasteiger partial charge in [-0.2, -0.15) is 0 Å². The van der Waals surface area contributed by atoms with Gasteiger partial charge in [0.1, 0.15) is 5.82 Å². The minimum absolute atomic E-state index is 0.220. The van der Waals surface area contributed by atoms with Crippen molar-refractivity contribution in [3.63, 3.8) is 0 Å². The number of halogens is 2. The maximum Gasteiger partial charge on any atom is 0.251 e. The molecule has 0 unspecified atom stereocenters. The predicted octanol–water partition coefficient (Wildman–Crippen LogP) is 4.19. The maximum atomic E-state index is 13.9. The third-order valence-corrected chi connectivity index (χ3v) is 3.62. The van der Waals surface area contributed by atoms with Crippen molar-refractivity contribution < 1.29 is 9.18 Å². The molecule has 1 amide bonds. The number of hydrogen-bond acceptors (Lipinski definition) is 1. The topological polar surface area (TPSA) is 29.1 Å². The van der Waals surface area contributed by atoms with E-state index in [1.165, 1.54) is 6.07 Å². The summed E-state index contributed by atoms with van der Waals surface area (Å²) >= 11 is 5.87. The van der Waals surface area contributed by atoms with Crippen LogP contribution in [0.2, 0.25) is 5.02 Å². The fourth-order valence-electron chi connectivity index (χ4n) is 2.14. The van der Waals surface area contributed by atoms with Crippen LogP contribution < -0.4 is 5.32 Å². The van der Waals surface area contributed by atoms with Gasteiger partial charge in [-0.05, 0) is 29.8 Å². The second-order valence-electron chi connectivity index (χ2n) is 5.56. The molecule has 2 nitrogen and oxygen atoms in total. The van der Waals surface area contributed by atoms with Crippen LogP contribution in [0.15, 0.2) is 48.5 Å². The summed E-state index contributed by atoms with van der Waals surface area (Å²) < 4.78 is 13.9. The van der Waals surface area contributed by atoms with E-state index in [0.717, 1.165) is 0 Å². The Morgan fingerprint density at radius 1 is 1.19 bits per heavy atom. The van der Waals surface area contributed by atoms with E-state index >= 15 is 0 Å². The normalized spacial score (nSPS) is 11.2. The molecule has 0 bridgehead atoms. The number of rotatable bonds is 4. The van der Waals surface area contributed by atoms with E-state index in [9.17, 15) is 9.18 Å². The van der Waals surface area contributed by atoms with Crippen LogP contribution in [0.1, 0.15) is 29.8 Å². The van der Waals surface area contributed by atoms with Crippen LogP contribution in [0.25, 0.3) is 0 Å². The quantitative estimate of drug-likeness (QED) is 0.901. The molecule has 0 fully saturated rings. The highest BCUT2D eigenvalue weighted by molar-refractivity contribution is 6.30. The molecule has 0 aromatic heterocycles. The van der Waals surface area contributed by atoms with Gasteiger partial charge in [0.15, 0.2) is 0 Å². The SMILES string of the molecule is CC(C)(CNC(=O)c1cccc(Cl)c1)c1ccccc1F. The average molecular weight is 306 g/mol. The molecular weight excluding hydrogens is 289 g/mol. The maximum absolute atomic E-state index is 13.9. The molecule has 0 radical (unpaired) electrons. The van der Waals surface area contributed by atoms with Crippen LogP contribution in [0.4, 0.5) is 4.39 Å². The molecule has 0 aliphatic carbocycles. The van der Waals surface area contributed by atoms with Gasteiger partial charge in [0.25, 0.3) is 5.91 Å². The van der Waals surface area contributed by atoms with Crippen molar-refractivity contribution in [3.8, 4) is 0 Å². The standard InChI is InChI=1S/C17H17ClFNO/c1-17(2,14-8-3-4-9-15(14)19)11-20-16(21)12-6-5-7-13(18)10-12/h3-10H,11H2,1-2H3,(H,20,21). The Kier molecular flexibility index (Phi) is 4.63. The number of amides is 1. The van der Waals surface area contributed by atoms with Crippen LogP contribution in [0.5, 0.6) is 0 Å². The molecule has 0 aliphatic rings. The van der Waals surface area contributed by atoms with Crippen LogP contribution in [-0.2, 0) is 5.41 Å². The summed E-state index contributed by atoms with van der Waals surface area (Å²) in [5.41, 5.74) is 0.572. The van der Waals surface area contributed by atoms with Crippen molar-refractivity contribution in [2.45, 2.75) is 19.3 Å². The van der Waals surface area contributed by atoms with Crippen LogP contribution >= 0.6 is 11.6 Å². The lowest BCUT2D eigenvalue weighted by Crippen LogP contribution is -2.37. The second kappa shape index (κ2) is 6.27. The summed E-state index contributed by atoms with van der Waals surface area (Å²) in [6.45, 7) is 4.12. The Morgan fingerprint density at radius 3 is 2.57 bits per heavy atom. The molecule has 0 atom stereocenters. The van der Waals surface area contributed by atoms with E-state index in [-0.39, 0.29) is 11.7 Å². The predicted molar refractivity (Wildman–Crippen MR) is 83.2 cm³/mol. The first kappa shape index (κ1) is 15.5. The van der Waals surface area contributed by atoms with E-state index in [1.54, 1.807) is 42.5 Å². The second-order valence-corrected chi connectivity index (χ2v) is 5.99. The third-order valence-electron chi connectivity index (χ3n) is 3.38. The molecule has 0 saturated carbocycles. The molecule has 2 aromatic rings. The largest absolute Gasteiger partial charge is 0.351 e. The van der Waals surface area contributed by atoms with Crippen LogP contribution in [0, 0.1) is 5.82 Å². The minimum Gasteiger partial charge on any atom is -0.351 e. The molecule has 21 heavy (non-hydrogen) atoms. The van der Waals surface area contributed by atoms with Crippen molar-refractivity contribution >= 4 is 17.5 Å². The summed E-state index contributed by atoms with van der Waals surface area (Å²) in [6, 6.07) is 13.3. The number of hydrogen-bond donors (Lipinski definition) is 1. The fourth-order valence-corrected chi connectivity index (χ4v) is 2.33. The van der Waals surface area contributed by atoms with E-state index in [4.69, 9.17) is 11.6 Å². The molecule has 110 valence electrons. The third kappa shape index (κ3) is 3.82. The van der Waals surface area contributed by atoms with E-state index < -0.39 is 5.41 Å². The van der Waals surface area contributed by atoms with E-state index in [1.807, 2.05) is 13.8 Å². The van der Waals surface area contributed by atoms with Gasteiger partial charge >= 0.3 is 0 Å². The van der Waals surface area contributed by atoms with Crippen LogP contribution in [-0.4, -0.2) is 12.5 Å². The van der Waals surface area contributed by atoms with Gasteiger partial charge in [0, 0.05) is 22.5 Å². The van der Waals surface area contributed by atoms with Gasteiger partial charge in [0.2, 0.25) is 0 Å². The number of carbonyl (C=O) groups is 1. The summed E-state index contributed by atoms with van der Waals surface area (Å²) in [6.07, 6.45) is 0. The molecule has 1 N–H and O–H groups in total. The van der Waals surface area contributed by atoms with Gasteiger partial charge in [-0.1, -0.05) is 49.7 Å². The highest BCUT2D eigenvalue weighted by Crippen LogP contribution is 2.25. The Morgan fingerprint density at radius 2 is 1.90 bits per heavy atom. The molecule has 0 heterocycles. The monoisotopic (exact) mass is 305 g/mol. The molecule has 0 aliphatic heterocycles. The zero-order valence-corrected chi connectivity index (χ0v) is 12.7. The van der Waals surface area contributed by atoms with Gasteiger partial charge < -0.3 is 5.32 Å². The lowest BCUT2D eigenvalue weighted by molar-refractivity contribution is 0.0945. The van der Waals surface area contributed by atoms with Crippen LogP contribution in [0.3, 0.4) is 0 Å². The minimum atomic E-state index is -0.500. The zero-order chi connectivity index (χ0) is 15.5. The van der Waals surface area contributed by atoms with Gasteiger partial charge in [-0.3, -0.25) is 4.79 Å². The summed E-state index contributed by atoms with van der Waals surface area (Å²) in [5.74, 6) is -0.485. The Hall–Kier alpha value is -1.87. The molecule has 4 heteroatoms. The molecule has 2 rings (SSSR count). The first-order valence-corrected chi connectivity index (χ1v) is 7.07.